The first-order chi connectivity index (χ1) is 10.5. The summed E-state index contributed by atoms with van der Waals surface area (Å²) in [6.07, 6.45) is 3.42. The van der Waals surface area contributed by atoms with Crippen LogP contribution in [0, 0.1) is 5.92 Å². The predicted molar refractivity (Wildman–Crippen MR) is 85.5 cm³/mol. The van der Waals surface area contributed by atoms with Gasteiger partial charge in [0.15, 0.2) is 0 Å². The standard InChI is InChI=1S/C15H21ClN4O2/c1-10(16)15(22)19-8-11-4-2-6-18-14(11)20-7-3-5-12(9-20)13(17)21/h2,4,6,10,12H,3,5,7-9H2,1H3,(H2,17,21)(H,19,22). The van der Waals surface area contributed by atoms with Crippen molar-refractivity contribution in [2.75, 3.05) is 18.0 Å². The van der Waals surface area contributed by atoms with E-state index in [2.05, 4.69) is 15.2 Å². The molecule has 2 rings (SSSR count). The highest BCUT2D eigenvalue weighted by atomic mass is 35.5. The van der Waals surface area contributed by atoms with Gasteiger partial charge in [-0.05, 0) is 25.8 Å². The summed E-state index contributed by atoms with van der Waals surface area (Å²) in [5, 5.41) is 2.21. The number of anilines is 1. The van der Waals surface area contributed by atoms with E-state index in [1.165, 1.54) is 0 Å². The van der Waals surface area contributed by atoms with E-state index in [0.717, 1.165) is 30.8 Å². The number of rotatable bonds is 5. The summed E-state index contributed by atoms with van der Waals surface area (Å²) in [4.78, 5) is 29.5. The van der Waals surface area contributed by atoms with Crippen molar-refractivity contribution in [1.29, 1.82) is 0 Å². The maximum absolute atomic E-state index is 11.6. The molecular weight excluding hydrogens is 304 g/mol. The molecule has 2 amide bonds. The molecule has 1 fully saturated rings. The van der Waals surface area contributed by atoms with Crippen LogP contribution in [0.4, 0.5) is 5.82 Å². The smallest absolute Gasteiger partial charge is 0.238 e. The number of halogens is 1. The third-order valence-corrected chi connectivity index (χ3v) is 4.00. The summed E-state index contributed by atoms with van der Waals surface area (Å²) in [6, 6.07) is 3.74. The van der Waals surface area contributed by atoms with Crippen molar-refractivity contribution in [2.45, 2.75) is 31.7 Å². The Kier molecular flexibility index (Phi) is 5.60. The van der Waals surface area contributed by atoms with Crippen molar-refractivity contribution < 1.29 is 9.59 Å². The zero-order valence-corrected chi connectivity index (χ0v) is 13.3. The molecule has 6 nitrogen and oxygen atoms in total. The Balaban J connectivity index is 2.10. The Morgan fingerprint density at radius 3 is 3.05 bits per heavy atom. The average Bonchev–Trinajstić information content (AvgIpc) is 2.52. The van der Waals surface area contributed by atoms with Gasteiger partial charge in [-0.3, -0.25) is 9.59 Å². The normalized spacial score (nSPS) is 19.5. The molecule has 1 saturated heterocycles. The summed E-state index contributed by atoms with van der Waals surface area (Å²) >= 11 is 5.75. The third kappa shape index (κ3) is 4.10. The molecule has 0 saturated carbocycles. The Labute approximate surface area is 135 Å². The molecule has 0 aliphatic carbocycles. The first-order valence-corrected chi connectivity index (χ1v) is 7.82. The molecule has 120 valence electrons. The summed E-state index contributed by atoms with van der Waals surface area (Å²) in [6.45, 7) is 3.38. The van der Waals surface area contributed by atoms with Gasteiger partial charge >= 0.3 is 0 Å². The van der Waals surface area contributed by atoms with Gasteiger partial charge in [0.2, 0.25) is 11.8 Å². The fraction of sp³-hybridized carbons (Fsp3) is 0.533. The molecule has 7 heteroatoms. The number of aromatic nitrogens is 1. The van der Waals surface area contributed by atoms with E-state index in [1.54, 1.807) is 13.1 Å². The second-order valence-electron chi connectivity index (χ2n) is 5.51. The summed E-state index contributed by atoms with van der Waals surface area (Å²) in [5.74, 6) is 0.147. The fourth-order valence-electron chi connectivity index (χ4n) is 2.58. The predicted octanol–water partition coefficient (Wildman–Crippen LogP) is 1.03. The lowest BCUT2D eigenvalue weighted by atomic mass is 9.97. The molecule has 1 aliphatic heterocycles. The maximum Gasteiger partial charge on any atom is 0.238 e. The van der Waals surface area contributed by atoms with Crippen LogP contribution in [-0.4, -0.2) is 35.3 Å². The second kappa shape index (κ2) is 7.45. The lowest BCUT2D eigenvalue weighted by Crippen LogP contribution is -2.42. The summed E-state index contributed by atoms with van der Waals surface area (Å²) in [5.41, 5.74) is 6.32. The van der Waals surface area contributed by atoms with E-state index < -0.39 is 5.38 Å². The van der Waals surface area contributed by atoms with Crippen LogP contribution in [0.2, 0.25) is 0 Å². The quantitative estimate of drug-likeness (QED) is 0.792. The van der Waals surface area contributed by atoms with Crippen molar-refractivity contribution in [1.82, 2.24) is 10.3 Å². The molecule has 3 N–H and O–H groups in total. The highest BCUT2D eigenvalue weighted by molar-refractivity contribution is 6.30. The van der Waals surface area contributed by atoms with Gasteiger partial charge in [-0.2, -0.15) is 0 Å². The van der Waals surface area contributed by atoms with E-state index in [9.17, 15) is 9.59 Å². The number of nitrogens with zero attached hydrogens (tertiary/aromatic N) is 2. The monoisotopic (exact) mass is 324 g/mol. The Bertz CT molecular complexity index is 550. The van der Waals surface area contributed by atoms with Crippen LogP contribution in [0.3, 0.4) is 0 Å². The number of hydrogen-bond acceptors (Lipinski definition) is 4. The first kappa shape index (κ1) is 16.5. The van der Waals surface area contributed by atoms with Gasteiger partial charge in [0.05, 0.1) is 5.92 Å². The Morgan fingerprint density at radius 2 is 2.36 bits per heavy atom. The molecule has 1 aliphatic rings. The number of pyridine rings is 1. The zero-order chi connectivity index (χ0) is 16.1. The summed E-state index contributed by atoms with van der Waals surface area (Å²) < 4.78 is 0. The van der Waals surface area contributed by atoms with Gasteiger partial charge in [-0.25, -0.2) is 4.98 Å². The first-order valence-electron chi connectivity index (χ1n) is 7.39. The van der Waals surface area contributed by atoms with E-state index in [1.807, 2.05) is 12.1 Å². The van der Waals surface area contributed by atoms with Crippen molar-refractivity contribution in [2.24, 2.45) is 11.7 Å². The SMILES string of the molecule is CC(Cl)C(=O)NCc1cccnc1N1CCCC(C(N)=O)C1. The molecule has 1 aromatic heterocycles. The van der Waals surface area contributed by atoms with Crippen LogP contribution in [0.15, 0.2) is 18.3 Å². The van der Waals surface area contributed by atoms with E-state index in [4.69, 9.17) is 17.3 Å². The number of carbonyl (C=O) groups is 2. The number of primary amides is 1. The minimum Gasteiger partial charge on any atom is -0.369 e. The fourth-order valence-corrected chi connectivity index (χ4v) is 2.65. The zero-order valence-electron chi connectivity index (χ0n) is 12.6. The lowest BCUT2D eigenvalue weighted by Gasteiger charge is -2.33. The largest absolute Gasteiger partial charge is 0.369 e. The number of piperidine rings is 1. The highest BCUT2D eigenvalue weighted by Gasteiger charge is 2.26. The van der Waals surface area contributed by atoms with Crippen molar-refractivity contribution in [3.63, 3.8) is 0 Å². The molecule has 22 heavy (non-hydrogen) atoms. The number of amides is 2. The second-order valence-corrected chi connectivity index (χ2v) is 6.16. The van der Waals surface area contributed by atoms with Crippen molar-refractivity contribution in [3.8, 4) is 0 Å². The Hall–Kier alpha value is -1.82. The molecule has 0 spiro atoms. The van der Waals surface area contributed by atoms with Crippen LogP contribution in [-0.2, 0) is 16.1 Å². The molecule has 2 heterocycles. The van der Waals surface area contributed by atoms with E-state index in [-0.39, 0.29) is 17.7 Å². The molecule has 0 radical (unpaired) electrons. The number of hydrogen-bond donors (Lipinski definition) is 2. The molecule has 0 aromatic carbocycles. The number of alkyl halides is 1. The number of nitrogens with one attached hydrogen (secondary N) is 1. The van der Waals surface area contributed by atoms with Crippen LogP contribution < -0.4 is 16.0 Å². The van der Waals surface area contributed by atoms with Gasteiger partial charge in [-0.1, -0.05) is 6.07 Å². The third-order valence-electron chi connectivity index (χ3n) is 3.81. The van der Waals surface area contributed by atoms with Gasteiger partial charge < -0.3 is 16.0 Å². The minimum atomic E-state index is -0.575. The molecular formula is C15H21ClN4O2. The van der Waals surface area contributed by atoms with E-state index >= 15 is 0 Å². The minimum absolute atomic E-state index is 0.152. The van der Waals surface area contributed by atoms with Crippen LogP contribution in [0.5, 0.6) is 0 Å². The lowest BCUT2D eigenvalue weighted by molar-refractivity contribution is -0.122. The van der Waals surface area contributed by atoms with Gasteiger partial charge in [0.25, 0.3) is 0 Å². The van der Waals surface area contributed by atoms with Gasteiger partial charge in [0.1, 0.15) is 11.2 Å². The molecule has 0 bridgehead atoms. The van der Waals surface area contributed by atoms with Crippen LogP contribution in [0.25, 0.3) is 0 Å². The number of carbonyl (C=O) groups excluding carboxylic acids is 2. The van der Waals surface area contributed by atoms with Crippen LogP contribution >= 0.6 is 11.6 Å². The molecule has 2 unspecified atom stereocenters. The molecule has 1 aromatic rings. The maximum atomic E-state index is 11.6. The summed E-state index contributed by atoms with van der Waals surface area (Å²) in [7, 11) is 0. The van der Waals surface area contributed by atoms with E-state index in [0.29, 0.717) is 13.1 Å². The van der Waals surface area contributed by atoms with Gasteiger partial charge in [-0.15, -0.1) is 11.6 Å². The molecule has 2 atom stereocenters. The van der Waals surface area contributed by atoms with Crippen LogP contribution in [0.1, 0.15) is 25.3 Å². The van der Waals surface area contributed by atoms with Crippen molar-refractivity contribution in [3.05, 3.63) is 23.9 Å². The highest BCUT2D eigenvalue weighted by Crippen LogP contribution is 2.24. The number of nitrogens with two attached hydrogens (primary N) is 1. The Morgan fingerprint density at radius 1 is 1.59 bits per heavy atom. The van der Waals surface area contributed by atoms with Gasteiger partial charge in [0, 0.05) is 31.4 Å². The average molecular weight is 325 g/mol. The topological polar surface area (TPSA) is 88.3 Å². The van der Waals surface area contributed by atoms with Crippen molar-refractivity contribution >= 4 is 29.2 Å².